The Kier molecular flexibility index (Phi) is 5.03. The summed E-state index contributed by atoms with van der Waals surface area (Å²) in [6, 6.07) is 6.14. The van der Waals surface area contributed by atoms with E-state index < -0.39 is 10.0 Å². The second kappa shape index (κ2) is 6.43. The maximum Gasteiger partial charge on any atom is 0.271 e. The lowest BCUT2D eigenvalue weighted by Crippen LogP contribution is -2.12. The molecule has 2 rings (SSSR count). The molecule has 0 bridgehead atoms. The highest BCUT2D eigenvalue weighted by molar-refractivity contribution is 9.11. The van der Waals surface area contributed by atoms with Crippen molar-refractivity contribution in [1.82, 2.24) is 0 Å². The van der Waals surface area contributed by atoms with E-state index in [0.717, 1.165) is 15.1 Å². The minimum absolute atomic E-state index is 0.186. The number of sulfonamides is 1. The summed E-state index contributed by atoms with van der Waals surface area (Å²) in [6.07, 6.45) is 0. The second-order valence-corrected chi connectivity index (χ2v) is 8.63. The van der Waals surface area contributed by atoms with Gasteiger partial charge in [0.1, 0.15) is 15.7 Å². The molecule has 0 saturated heterocycles. The van der Waals surface area contributed by atoms with Crippen molar-refractivity contribution in [2.75, 3.05) is 18.9 Å². The van der Waals surface area contributed by atoms with Gasteiger partial charge in [-0.05, 0) is 28.1 Å². The Morgan fingerprint density at radius 3 is 2.38 bits per heavy atom. The van der Waals surface area contributed by atoms with Crippen LogP contribution < -0.4 is 14.2 Å². The van der Waals surface area contributed by atoms with Crippen molar-refractivity contribution >= 4 is 54.6 Å². The van der Waals surface area contributed by atoms with Crippen LogP contribution in [-0.2, 0) is 10.0 Å². The summed E-state index contributed by atoms with van der Waals surface area (Å²) in [5.74, 6) is 0.655. The minimum Gasteiger partial charge on any atom is -0.495 e. The van der Waals surface area contributed by atoms with Crippen molar-refractivity contribution < 1.29 is 17.9 Å². The van der Waals surface area contributed by atoms with Gasteiger partial charge in [-0.15, -0.1) is 11.3 Å². The Balaban J connectivity index is 2.43. The summed E-state index contributed by atoms with van der Waals surface area (Å²) >= 11 is 10.3. The number of anilines is 1. The Labute approximate surface area is 140 Å². The summed E-state index contributed by atoms with van der Waals surface area (Å²) in [5.41, 5.74) is 0.253. The highest BCUT2D eigenvalue weighted by Crippen LogP contribution is 2.37. The lowest BCUT2D eigenvalue weighted by molar-refractivity contribution is 0.405. The van der Waals surface area contributed by atoms with Gasteiger partial charge in [-0.2, -0.15) is 0 Å². The average Bonchev–Trinajstić information content (AvgIpc) is 2.87. The van der Waals surface area contributed by atoms with Gasteiger partial charge in [0.25, 0.3) is 10.0 Å². The van der Waals surface area contributed by atoms with E-state index in [1.807, 2.05) is 0 Å². The van der Waals surface area contributed by atoms with Crippen LogP contribution in [0.2, 0.25) is 5.02 Å². The summed E-state index contributed by atoms with van der Waals surface area (Å²) < 4.78 is 38.2. The number of ether oxygens (including phenoxy) is 2. The van der Waals surface area contributed by atoms with Gasteiger partial charge in [0.2, 0.25) is 0 Å². The maximum atomic E-state index is 12.3. The third-order valence-electron chi connectivity index (χ3n) is 2.53. The van der Waals surface area contributed by atoms with E-state index in [4.69, 9.17) is 21.1 Å². The lowest BCUT2D eigenvalue weighted by Gasteiger charge is -2.13. The zero-order chi connectivity index (χ0) is 15.6. The van der Waals surface area contributed by atoms with E-state index >= 15 is 0 Å². The van der Waals surface area contributed by atoms with Crippen LogP contribution >= 0.6 is 38.9 Å². The number of halogens is 2. The minimum atomic E-state index is -3.70. The van der Waals surface area contributed by atoms with Crippen LogP contribution in [0.5, 0.6) is 11.5 Å². The van der Waals surface area contributed by atoms with Crippen LogP contribution in [0.15, 0.2) is 32.3 Å². The molecule has 0 unspecified atom stereocenters. The number of methoxy groups -OCH3 is 2. The average molecular weight is 413 g/mol. The van der Waals surface area contributed by atoms with Crippen LogP contribution in [-0.4, -0.2) is 22.6 Å². The first-order chi connectivity index (χ1) is 9.87. The molecule has 114 valence electrons. The van der Waals surface area contributed by atoms with E-state index in [-0.39, 0.29) is 9.90 Å². The third-order valence-corrected chi connectivity index (χ3v) is 6.31. The van der Waals surface area contributed by atoms with Gasteiger partial charge in [0.05, 0.1) is 28.7 Å². The topological polar surface area (TPSA) is 64.6 Å². The fourth-order valence-electron chi connectivity index (χ4n) is 1.58. The molecule has 21 heavy (non-hydrogen) atoms. The predicted octanol–water partition coefficient (Wildman–Crippen LogP) is 3.98. The van der Waals surface area contributed by atoms with Crippen LogP contribution in [0, 0.1) is 0 Å². The van der Waals surface area contributed by atoms with E-state index in [2.05, 4.69) is 20.7 Å². The molecule has 0 radical (unpaired) electrons. The molecule has 0 aliphatic rings. The number of hydrogen-bond acceptors (Lipinski definition) is 5. The molecule has 1 heterocycles. The van der Waals surface area contributed by atoms with Gasteiger partial charge < -0.3 is 9.47 Å². The summed E-state index contributed by atoms with van der Waals surface area (Å²) in [7, 11) is -0.828. The molecule has 1 aromatic heterocycles. The highest BCUT2D eigenvalue weighted by Gasteiger charge is 2.20. The first-order valence-electron chi connectivity index (χ1n) is 5.57. The molecule has 0 saturated carbocycles. The van der Waals surface area contributed by atoms with Crippen LogP contribution in [0.4, 0.5) is 5.69 Å². The van der Waals surface area contributed by atoms with Crippen molar-refractivity contribution in [2.24, 2.45) is 0 Å². The van der Waals surface area contributed by atoms with Gasteiger partial charge >= 0.3 is 0 Å². The predicted molar refractivity (Wildman–Crippen MR) is 87.4 cm³/mol. The number of rotatable bonds is 5. The third kappa shape index (κ3) is 3.63. The summed E-state index contributed by atoms with van der Waals surface area (Å²) in [6.45, 7) is 0. The van der Waals surface area contributed by atoms with Gasteiger partial charge in [0, 0.05) is 12.1 Å². The van der Waals surface area contributed by atoms with Gasteiger partial charge in [-0.1, -0.05) is 11.6 Å². The van der Waals surface area contributed by atoms with Crippen molar-refractivity contribution in [1.29, 1.82) is 0 Å². The van der Waals surface area contributed by atoms with E-state index in [0.29, 0.717) is 16.5 Å². The molecule has 0 fully saturated rings. The largest absolute Gasteiger partial charge is 0.495 e. The molecule has 9 heteroatoms. The maximum absolute atomic E-state index is 12.3. The lowest BCUT2D eigenvalue weighted by atomic mass is 10.3. The van der Waals surface area contributed by atoms with Crippen molar-refractivity contribution in [3.05, 3.63) is 33.1 Å². The highest BCUT2D eigenvalue weighted by atomic mass is 79.9. The Hall–Kier alpha value is -0.960. The standard InChI is InChI=1S/C12H11BrClNO4S2/c1-18-9-6-8(10(19-2)5-7(9)14)15-21(16,17)12-4-3-11(13)20-12/h3-6,15H,1-2H3. The number of benzene rings is 1. The monoisotopic (exact) mass is 411 g/mol. The van der Waals surface area contributed by atoms with E-state index in [1.54, 1.807) is 6.07 Å². The fourth-order valence-corrected chi connectivity index (χ4v) is 4.88. The molecular formula is C12H11BrClNO4S2. The number of nitrogens with one attached hydrogen (secondary N) is 1. The second-order valence-electron chi connectivity index (χ2n) is 3.85. The first kappa shape index (κ1) is 16.4. The Morgan fingerprint density at radius 1 is 1.19 bits per heavy atom. The molecule has 5 nitrogen and oxygen atoms in total. The zero-order valence-corrected chi connectivity index (χ0v) is 15.0. The number of hydrogen-bond donors (Lipinski definition) is 1. The van der Waals surface area contributed by atoms with Crippen LogP contribution in [0.25, 0.3) is 0 Å². The molecule has 0 amide bonds. The molecular weight excluding hydrogens is 402 g/mol. The van der Waals surface area contributed by atoms with E-state index in [1.165, 1.54) is 32.4 Å². The van der Waals surface area contributed by atoms with Crippen molar-refractivity contribution in [3.8, 4) is 11.5 Å². The molecule has 0 spiro atoms. The molecule has 0 aliphatic carbocycles. The molecule has 0 aliphatic heterocycles. The summed E-state index contributed by atoms with van der Waals surface area (Å²) in [4.78, 5) is 0. The number of thiophene rings is 1. The van der Waals surface area contributed by atoms with Crippen LogP contribution in [0.1, 0.15) is 0 Å². The zero-order valence-electron chi connectivity index (χ0n) is 11.0. The van der Waals surface area contributed by atoms with Crippen molar-refractivity contribution in [2.45, 2.75) is 4.21 Å². The van der Waals surface area contributed by atoms with Gasteiger partial charge in [0.15, 0.2) is 0 Å². The van der Waals surface area contributed by atoms with Gasteiger partial charge in [-0.3, -0.25) is 4.72 Å². The molecule has 1 aromatic carbocycles. The first-order valence-corrected chi connectivity index (χ1v) is 9.04. The normalized spacial score (nSPS) is 11.2. The van der Waals surface area contributed by atoms with Crippen LogP contribution in [0.3, 0.4) is 0 Å². The Bertz CT molecular complexity index is 761. The molecule has 0 atom stereocenters. The Morgan fingerprint density at radius 2 is 1.86 bits per heavy atom. The summed E-state index contributed by atoms with van der Waals surface area (Å²) in [5, 5.41) is 0.330. The fraction of sp³-hybridized carbons (Fsp3) is 0.167. The molecule has 1 N–H and O–H groups in total. The SMILES string of the molecule is COc1cc(NS(=O)(=O)c2ccc(Br)s2)c(OC)cc1Cl. The van der Waals surface area contributed by atoms with Crippen molar-refractivity contribution in [3.63, 3.8) is 0 Å². The smallest absolute Gasteiger partial charge is 0.271 e. The van der Waals surface area contributed by atoms with Gasteiger partial charge in [-0.25, -0.2) is 8.42 Å². The van der Waals surface area contributed by atoms with E-state index in [9.17, 15) is 8.42 Å². The molecule has 2 aromatic rings. The quantitative estimate of drug-likeness (QED) is 0.806.